The Kier molecular flexibility index (Phi) is 5.35. The van der Waals surface area contributed by atoms with Crippen LogP contribution in [0.2, 0.25) is 0 Å². The molecule has 0 bridgehead atoms. The third-order valence-corrected chi connectivity index (χ3v) is 5.34. The summed E-state index contributed by atoms with van der Waals surface area (Å²) in [6.07, 6.45) is 0. The van der Waals surface area contributed by atoms with Gasteiger partial charge in [0.1, 0.15) is 0 Å². The highest BCUT2D eigenvalue weighted by molar-refractivity contribution is 7.89. The summed E-state index contributed by atoms with van der Waals surface area (Å²) < 4.78 is 32.5. The summed E-state index contributed by atoms with van der Waals surface area (Å²) in [5.74, 6) is 0. The number of nitro groups is 1. The summed E-state index contributed by atoms with van der Waals surface area (Å²) in [4.78, 5) is 12.2. The minimum atomic E-state index is -3.71. The number of rotatable bonds is 6. The first-order valence-corrected chi connectivity index (χ1v) is 8.78. The fraction of sp³-hybridized carbons (Fsp3) is 0.571. The van der Waals surface area contributed by atoms with Gasteiger partial charge in [-0.3, -0.25) is 15.0 Å². The van der Waals surface area contributed by atoms with Crippen LogP contribution >= 0.6 is 0 Å². The Morgan fingerprint density at radius 2 is 1.83 bits per heavy atom. The Bertz CT molecular complexity index is 651. The SMILES string of the molecule is CC(C)(CNS(=O)(=O)c1ccc([N+](=O)[O-])cc1)N1CCOCC1. The first-order chi connectivity index (χ1) is 10.7. The van der Waals surface area contributed by atoms with Gasteiger partial charge in [-0.25, -0.2) is 13.1 Å². The smallest absolute Gasteiger partial charge is 0.269 e. The fourth-order valence-electron chi connectivity index (χ4n) is 2.38. The number of nitro benzene ring substituents is 1. The number of ether oxygens (including phenoxy) is 1. The molecule has 0 unspecified atom stereocenters. The Morgan fingerprint density at radius 3 is 2.35 bits per heavy atom. The molecule has 1 fully saturated rings. The number of hydrogen-bond acceptors (Lipinski definition) is 6. The number of nitrogens with zero attached hydrogens (tertiary/aromatic N) is 2. The molecule has 23 heavy (non-hydrogen) atoms. The third kappa shape index (κ3) is 4.47. The molecule has 8 nitrogen and oxygen atoms in total. The number of morpholine rings is 1. The second kappa shape index (κ2) is 6.91. The van der Waals surface area contributed by atoms with Gasteiger partial charge in [0.15, 0.2) is 0 Å². The fourth-order valence-corrected chi connectivity index (χ4v) is 3.59. The molecule has 2 rings (SSSR count). The molecule has 0 spiro atoms. The average molecular weight is 343 g/mol. The Hall–Kier alpha value is -1.55. The lowest BCUT2D eigenvalue weighted by atomic mass is 10.0. The maximum absolute atomic E-state index is 12.3. The van der Waals surface area contributed by atoms with Crippen LogP contribution < -0.4 is 4.72 Å². The van der Waals surface area contributed by atoms with Crippen LogP contribution in [0.4, 0.5) is 5.69 Å². The zero-order valence-corrected chi connectivity index (χ0v) is 14.0. The lowest BCUT2D eigenvalue weighted by Crippen LogP contribution is -2.55. The standard InChI is InChI=1S/C14H21N3O5S/c1-14(2,16-7-9-22-10-8-16)11-15-23(20,21)13-5-3-12(4-6-13)17(18)19/h3-6,15H,7-11H2,1-2H3. The molecule has 1 N–H and O–H groups in total. The van der Waals surface area contributed by atoms with Crippen molar-refractivity contribution in [2.24, 2.45) is 0 Å². The second-order valence-electron chi connectivity index (χ2n) is 5.99. The molecule has 1 aromatic carbocycles. The average Bonchev–Trinajstić information content (AvgIpc) is 2.54. The van der Waals surface area contributed by atoms with Gasteiger partial charge in [0, 0.05) is 37.3 Å². The van der Waals surface area contributed by atoms with Crippen LogP contribution in [-0.2, 0) is 14.8 Å². The van der Waals surface area contributed by atoms with Crippen molar-refractivity contribution >= 4 is 15.7 Å². The van der Waals surface area contributed by atoms with Crippen LogP contribution in [0.3, 0.4) is 0 Å². The summed E-state index contributed by atoms with van der Waals surface area (Å²) in [5, 5.41) is 10.6. The van der Waals surface area contributed by atoms with Crippen LogP contribution in [0.5, 0.6) is 0 Å². The van der Waals surface area contributed by atoms with Gasteiger partial charge in [0.25, 0.3) is 5.69 Å². The molecule has 1 heterocycles. The molecule has 1 saturated heterocycles. The van der Waals surface area contributed by atoms with Crippen molar-refractivity contribution in [3.8, 4) is 0 Å². The predicted molar refractivity (Wildman–Crippen MR) is 84.8 cm³/mol. The van der Waals surface area contributed by atoms with Crippen molar-refractivity contribution in [1.29, 1.82) is 0 Å². The number of nitrogens with one attached hydrogen (secondary N) is 1. The van der Waals surface area contributed by atoms with Crippen LogP contribution in [0.25, 0.3) is 0 Å². The molecule has 0 saturated carbocycles. The maximum atomic E-state index is 12.3. The Balaban J connectivity index is 2.04. The predicted octanol–water partition coefficient (Wildman–Crippen LogP) is 0.984. The molecule has 0 aliphatic carbocycles. The highest BCUT2D eigenvalue weighted by Crippen LogP contribution is 2.18. The van der Waals surface area contributed by atoms with Gasteiger partial charge in [0.2, 0.25) is 10.0 Å². The maximum Gasteiger partial charge on any atom is 0.269 e. The van der Waals surface area contributed by atoms with Gasteiger partial charge in [-0.05, 0) is 26.0 Å². The topological polar surface area (TPSA) is 102 Å². The Morgan fingerprint density at radius 1 is 1.26 bits per heavy atom. The molecule has 0 radical (unpaired) electrons. The van der Waals surface area contributed by atoms with Gasteiger partial charge in [-0.2, -0.15) is 0 Å². The molecule has 0 atom stereocenters. The zero-order chi connectivity index (χ0) is 17.1. The normalized spacial score (nSPS) is 17.1. The highest BCUT2D eigenvalue weighted by atomic mass is 32.2. The molecule has 9 heteroatoms. The molecule has 0 aromatic heterocycles. The van der Waals surface area contributed by atoms with Crippen molar-refractivity contribution in [1.82, 2.24) is 9.62 Å². The van der Waals surface area contributed by atoms with Gasteiger partial charge in [0.05, 0.1) is 23.0 Å². The molecule has 1 aromatic rings. The number of hydrogen-bond donors (Lipinski definition) is 1. The quantitative estimate of drug-likeness (QED) is 0.610. The van der Waals surface area contributed by atoms with E-state index in [1.807, 2.05) is 13.8 Å². The van der Waals surface area contributed by atoms with Crippen molar-refractivity contribution in [3.63, 3.8) is 0 Å². The van der Waals surface area contributed by atoms with Crippen molar-refractivity contribution < 1.29 is 18.1 Å². The Labute approximate surface area is 135 Å². The van der Waals surface area contributed by atoms with Gasteiger partial charge < -0.3 is 4.74 Å². The first kappa shape index (κ1) is 17.8. The summed E-state index contributed by atoms with van der Waals surface area (Å²) in [5.41, 5.74) is -0.491. The molecule has 1 aliphatic heterocycles. The number of benzene rings is 1. The summed E-state index contributed by atoms with van der Waals surface area (Å²) in [6, 6.07) is 4.84. The number of sulfonamides is 1. The molecule has 1 aliphatic rings. The molecular formula is C14H21N3O5S. The van der Waals surface area contributed by atoms with E-state index in [0.717, 1.165) is 13.1 Å². The van der Waals surface area contributed by atoms with Gasteiger partial charge in [-0.15, -0.1) is 0 Å². The minimum Gasteiger partial charge on any atom is -0.379 e. The van der Waals surface area contributed by atoms with E-state index >= 15 is 0 Å². The van der Waals surface area contributed by atoms with E-state index in [9.17, 15) is 18.5 Å². The minimum absolute atomic E-state index is 0.0147. The van der Waals surface area contributed by atoms with Crippen LogP contribution in [0.15, 0.2) is 29.2 Å². The van der Waals surface area contributed by atoms with E-state index in [1.54, 1.807) is 0 Å². The van der Waals surface area contributed by atoms with Crippen molar-refractivity contribution in [3.05, 3.63) is 34.4 Å². The molecule has 0 amide bonds. The zero-order valence-electron chi connectivity index (χ0n) is 13.2. The highest BCUT2D eigenvalue weighted by Gasteiger charge is 2.30. The van der Waals surface area contributed by atoms with E-state index in [-0.39, 0.29) is 22.7 Å². The van der Waals surface area contributed by atoms with Crippen LogP contribution in [0.1, 0.15) is 13.8 Å². The monoisotopic (exact) mass is 343 g/mol. The first-order valence-electron chi connectivity index (χ1n) is 7.29. The molecular weight excluding hydrogens is 322 g/mol. The van der Waals surface area contributed by atoms with Crippen molar-refractivity contribution in [2.75, 3.05) is 32.8 Å². The van der Waals surface area contributed by atoms with Gasteiger partial charge in [-0.1, -0.05) is 0 Å². The van der Waals surface area contributed by atoms with E-state index in [1.165, 1.54) is 24.3 Å². The summed E-state index contributed by atoms with van der Waals surface area (Å²) in [7, 11) is -3.71. The van der Waals surface area contributed by atoms with Crippen molar-refractivity contribution in [2.45, 2.75) is 24.3 Å². The summed E-state index contributed by atoms with van der Waals surface area (Å²) >= 11 is 0. The molecule has 128 valence electrons. The lowest BCUT2D eigenvalue weighted by Gasteiger charge is -2.40. The van der Waals surface area contributed by atoms with E-state index in [2.05, 4.69) is 9.62 Å². The largest absolute Gasteiger partial charge is 0.379 e. The van der Waals surface area contributed by atoms with E-state index in [0.29, 0.717) is 13.2 Å². The lowest BCUT2D eigenvalue weighted by molar-refractivity contribution is -0.384. The summed E-state index contributed by atoms with van der Waals surface area (Å²) in [6.45, 7) is 6.97. The van der Waals surface area contributed by atoms with Crippen LogP contribution in [0, 0.1) is 10.1 Å². The number of non-ortho nitro benzene ring substituents is 1. The van der Waals surface area contributed by atoms with E-state index < -0.39 is 14.9 Å². The van der Waals surface area contributed by atoms with Gasteiger partial charge >= 0.3 is 0 Å². The third-order valence-electron chi connectivity index (χ3n) is 3.92. The van der Waals surface area contributed by atoms with E-state index in [4.69, 9.17) is 4.74 Å². The second-order valence-corrected chi connectivity index (χ2v) is 7.75. The van der Waals surface area contributed by atoms with Crippen LogP contribution in [-0.4, -0.2) is 56.6 Å².